The second-order valence-electron chi connectivity index (χ2n) is 4.25. The monoisotopic (exact) mass is 226 g/mol. The lowest BCUT2D eigenvalue weighted by Gasteiger charge is -2.19. The van der Waals surface area contributed by atoms with E-state index in [1.807, 2.05) is 11.9 Å². The first-order chi connectivity index (χ1) is 7.66. The molecule has 1 aromatic carbocycles. The van der Waals surface area contributed by atoms with Crippen molar-refractivity contribution in [3.8, 4) is 0 Å². The lowest BCUT2D eigenvalue weighted by Crippen LogP contribution is -2.30. The summed E-state index contributed by atoms with van der Waals surface area (Å²) in [5.74, 6) is -1.59. The number of rotatable bonds is 5. The van der Waals surface area contributed by atoms with E-state index in [0.29, 0.717) is 11.7 Å². The Labute approximate surface area is 94.3 Å². The van der Waals surface area contributed by atoms with Gasteiger partial charge in [0.1, 0.15) is 0 Å². The van der Waals surface area contributed by atoms with E-state index in [1.54, 1.807) is 6.07 Å². The molecular weight excluding hydrogens is 210 g/mol. The highest BCUT2D eigenvalue weighted by Gasteiger charge is 2.19. The second-order valence-corrected chi connectivity index (χ2v) is 4.25. The van der Waals surface area contributed by atoms with Crippen molar-refractivity contribution < 1.29 is 8.78 Å². The minimum atomic E-state index is -0.798. The van der Waals surface area contributed by atoms with Crippen molar-refractivity contribution in [3.05, 3.63) is 29.8 Å². The van der Waals surface area contributed by atoms with E-state index in [1.165, 1.54) is 18.9 Å². The van der Waals surface area contributed by atoms with Gasteiger partial charge in [-0.25, -0.2) is 8.78 Å². The summed E-state index contributed by atoms with van der Waals surface area (Å²) < 4.78 is 25.7. The number of likely N-dealkylation sites (N-methyl/N-ethyl adjacent to an activating group) is 1. The van der Waals surface area contributed by atoms with Crippen LogP contribution in [0, 0.1) is 11.6 Å². The molecule has 2 nitrogen and oxygen atoms in total. The van der Waals surface area contributed by atoms with E-state index in [2.05, 4.69) is 5.32 Å². The molecule has 4 heteroatoms. The maximum absolute atomic E-state index is 13.0. The quantitative estimate of drug-likeness (QED) is 0.827. The molecule has 16 heavy (non-hydrogen) atoms. The molecule has 1 aromatic rings. The highest BCUT2D eigenvalue weighted by atomic mass is 19.2. The molecule has 0 heterocycles. The van der Waals surface area contributed by atoms with Crippen LogP contribution in [0.4, 0.5) is 14.5 Å². The smallest absolute Gasteiger partial charge is 0.160 e. The van der Waals surface area contributed by atoms with E-state index in [9.17, 15) is 8.78 Å². The van der Waals surface area contributed by atoms with Crippen molar-refractivity contribution in [1.29, 1.82) is 0 Å². The van der Waals surface area contributed by atoms with Crippen LogP contribution in [0.3, 0.4) is 0 Å². The van der Waals surface area contributed by atoms with Crippen LogP contribution < -0.4 is 10.2 Å². The zero-order chi connectivity index (χ0) is 11.5. The van der Waals surface area contributed by atoms with Gasteiger partial charge in [-0.1, -0.05) is 0 Å². The Balaban J connectivity index is 1.86. The van der Waals surface area contributed by atoms with Crippen LogP contribution in [-0.4, -0.2) is 26.2 Å². The Morgan fingerprint density at radius 3 is 2.69 bits per heavy atom. The number of benzene rings is 1. The van der Waals surface area contributed by atoms with Crippen LogP contribution >= 0.6 is 0 Å². The summed E-state index contributed by atoms with van der Waals surface area (Å²) in [6.07, 6.45) is 2.52. The number of hydrogen-bond donors (Lipinski definition) is 1. The maximum atomic E-state index is 13.0. The molecule has 0 bridgehead atoms. The third-order valence-corrected chi connectivity index (χ3v) is 2.80. The molecule has 1 fully saturated rings. The summed E-state index contributed by atoms with van der Waals surface area (Å²) in [6, 6.07) is 4.66. The first kappa shape index (κ1) is 11.3. The molecule has 0 radical (unpaired) electrons. The molecule has 1 aliphatic rings. The summed E-state index contributed by atoms with van der Waals surface area (Å²) in [7, 11) is 1.88. The summed E-state index contributed by atoms with van der Waals surface area (Å²) in [5.41, 5.74) is 0.705. The molecule has 0 spiro atoms. The maximum Gasteiger partial charge on any atom is 0.160 e. The number of anilines is 1. The zero-order valence-electron chi connectivity index (χ0n) is 9.34. The molecule has 0 atom stereocenters. The Morgan fingerprint density at radius 1 is 1.31 bits per heavy atom. The van der Waals surface area contributed by atoms with E-state index < -0.39 is 11.6 Å². The van der Waals surface area contributed by atoms with Crippen LogP contribution in [0.25, 0.3) is 0 Å². The highest BCUT2D eigenvalue weighted by Crippen LogP contribution is 2.19. The number of nitrogens with zero attached hydrogens (tertiary/aromatic N) is 1. The third kappa shape index (κ3) is 2.92. The average molecular weight is 226 g/mol. The van der Waals surface area contributed by atoms with Crippen LogP contribution in [0.5, 0.6) is 0 Å². The van der Waals surface area contributed by atoms with E-state index in [-0.39, 0.29) is 0 Å². The fourth-order valence-corrected chi connectivity index (χ4v) is 1.58. The molecule has 0 unspecified atom stereocenters. The molecule has 0 saturated heterocycles. The largest absolute Gasteiger partial charge is 0.373 e. The predicted molar refractivity (Wildman–Crippen MR) is 60.7 cm³/mol. The molecule has 1 aliphatic carbocycles. The van der Waals surface area contributed by atoms with Gasteiger partial charge in [0.2, 0.25) is 0 Å². The van der Waals surface area contributed by atoms with Crippen LogP contribution in [0.2, 0.25) is 0 Å². The molecular formula is C12H16F2N2. The first-order valence-corrected chi connectivity index (χ1v) is 5.56. The minimum absolute atomic E-state index is 0.679. The van der Waals surface area contributed by atoms with Crippen LogP contribution in [0.1, 0.15) is 12.8 Å². The fourth-order valence-electron chi connectivity index (χ4n) is 1.58. The van der Waals surface area contributed by atoms with Gasteiger partial charge in [0.25, 0.3) is 0 Å². The lowest BCUT2D eigenvalue weighted by molar-refractivity contribution is 0.508. The molecule has 1 N–H and O–H groups in total. The predicted octanol–water partition coefficient (Wildman–Crippen LogP) is 2.15. The van der Waals surface area contributed by atoms with Gasteiger partial charge in [-0.2, -0.15) is 0 Å². The van der Waals surface area contributed by atoms with Gasteiger partial charge in [-0.05, 0) is 25.0 Å². The molecule has 2 rings (SSSR count). The van der Waals surface area contributed by atoms with Crippen LogP contribution in [-0.2, 0) is 0 Å². The Bertz CT molecular complexity index is 364. The summed E-state index contributed by atoms with van der Waals surface area (Å²) in [5, 5.41) is 3.37. The van der Waals surface area contributed by atoms with Gasteiger partial charge in [0, 0.05) is 37.9 Å². The van der Waals surface area contributed by atoms with Crippen molar-refractivity contribution in [2.24, 2.45) is 0 Å². The van der Waals surface area contributed by atoms with Crippen molar-refractivity contribution >= 4 is 5.69 Å². The Hall–Kier alpha value is -1.16. The standard InChI is InChI=1S/C12H16F2N2/c1-16(7-6-15-9-2-3-9)10-4-5-11(13)12(14)8-10/h4-5,8-9,15H,2-3,6-7H2,1H3. The van der Waals surface area contributed by atoms with Crippen LogP contribution in [0.15, 0.2) is 18.2 Å². The molecule has 1 saturated carbocycles. The fraction of sp³-hybridized carbons (Fsp3) is 0.500. The molecule has 88 valence electrons. The van der Waals surface area contributed by atoms with E-state index >= 15 is 0 Å². The molecule has 0 aliphatic heterocycles. The molecule has 0 aromatic heterocycles. The highest BCUT2D eigenvalue weighted by molar-refractivity contribution is 5.45. The number of hydrogen-bond acceptors (Lipinski definition) is 2. The summed E-state index contributed by atoms with van der Waals surface area (Å²) in [6.45, 7) is 1.67. The van der Waals surface area contributed by atoms with Crippen molar-refractivity contribution in [2.45, 2.75) is 18.9 Å². The van der Waals surface area contributed by atoms with Gasteiger partial charge in [-0.15, -0.1) is 0 Å². The van der Waals surface area contributed by atoms with Crippen molar-refractivity contribution in [2.75, 3.05) is 25.0 Å². The topological polar surface area (TPSA) is 15.3 Å². The Kier molecular flexibility index (Phi) is 3.39. The van der Waals surface area contributed by atoms with Gasteiger partial charge < -0.3 is 10.2 Å². The zero-order valence-corrected chi connectivity index (χ0v) is 9.34. The SMILES string of the molecule is CN(CCNC1CC1)c1ccc(F)c(F)c1. The van der Waals surface area contributed by atoms with E-state index in [0.717, 1.165) is 19.2 Å². The number of nitrogens with one attached hydrogen (secondary N) is 1. The molecule has 0 amide bonds. The van der Waals surface area contributed by atoms with Crippen molar-refractivity contribution in [1.82, 2.24) is 5.32 Å². The summed E-state index contributed by atoms with van der Waals surface area (Å²) >= 11 is 0. The summed E-state index contributed by atoms with van der Waals surface area (Å²) in [4.78, 5) is 1.91. The lowest BCUT2D eigenvalue weighted by atomic mass is 10.3. The Morgan fingerprint density at radius 2 is 2.06 bits per heavy atom. The average Bonchev–Trinajstić information content (AvgIpc) is 3.06. The number of halogens is 2. The third-order valence-electron chi connectivity index (χ3n) is 2.80. The van der Waals surface area contributed by atoms with Crippen molar-refractivity contribution in [3.63, 3.8) is 0 Å². The first-order valence-electron chi connectivity index (χ1n) is 5.56. The van der Waals surface area contributed by atoms with E-state index in [4.69, 9.17) is 0 Å². The van der Waals surface area contributed by atoms with Gasteiger partial charge in [0.05, 0.1) is 0 Å². The van der Waals surface area contributed by atoms with Gasteiger partial charge >= 0.3 is 0 Å². The van der Waals surface area contributed by atoms with Gasteiger partial charge in [-0.3, -0.25) is 0 Å². The normalized spacial score (nSPS) is 15.2. The second kappa shape index (κ2) is 4.78. The van der Waals surface area contributed by atoms with Gasteiger partial charge in [0.15, 0.2) is 11.6 Å². The minimum Gasteiger partial charge on any atom is -0.373 e.